The van der Waals surface area contributed by atoms with Gasteiger partial charge in [0.05, 0.1) is 72.2 Å². The summed E-state index contributed by atoms with van der Waals surface area (Å²) < 4.78 is 138. The van der Waals surface area contributed by atoms with Crippen LogP contribution in [0.3, 0.4) is 0 Å². The number of ether oxygens (including phenoxy) is 23. The molecule has 66 heteroatoms. The molecule has 12 aliphatic heterocycles. The van der Waals surface area contributed by atoms with Crippen molar-refractivity contribution >= 4 is 35.5 Å². The molecule has 0 saturated carbocycles. The third kappa shape index (κ3) is 26.7. The smallest absolute Gasteiger partial charge is 0.335 e. The number of carboxylic acids is 1. The zero-order valence-electron chi connectivity index (χ0n) is 79.4. The zero-order chi connectivity index (χ0) is 109. The summed E-state index contributed by atoms with van der Waals surface area (Å²) in [4.78, 5) is 77.7. The van der Waals surface area contributed by atoms with Crippen molar-refractivity contribution < 1.29 is 301 Å². The first kappa shape index (κ1) is 121. The Balaban J connectivity index is 0.919. The molecular formula is C82H135N5O61. The second-order valence-electron chi connectivity index (χ2n) is 37.4. The number of aliphatic hydroxyl groups excluding tert-OH is 31. The number of carbonyl (C=O) groups excluding carboxylic acids is 5. The van der Waals surface area contributed by atoms with Gasteiger partial charge in [0.15, 0.2) is 81.6 Å². The highest BCUT2D eigenvalue weighted by Gasteiger charge is 2.64. The summed E-state index contributed by atoms with van der Waals surface area (Å²) in [5, 5.41) is 374. The number of rotatable bonds is 38. The third-order valence-corrected chi connectivity index (χ3v) is 27.0. The lowest BCUT2D eigenvalue weighted by Crippen LogP contribution is -2.71. The average Bonchev–Trinajstić information content (AvgIpc) is 0.757. The highest BCUT2D eigenvalue weighted by molar-refractivity contribution is 5.75. The Morgan fingerprint density at radius 1 is 0.209 bits per heavy atom. The molecule has 37 N–H and O–H groups in total. The molecule has 0 aromatic rings. The molecule has 854 valence electrons. The summed E-state index contributed by atoms with van der Waals surface area (Å²) in [6.45, 7) is -6.42. The molecule has 0 radical (unpaired) electrons. The van der Waals surface area contributed by atoms with Crippen molar-refractivity contribution in [3.05, 3.63) is 0 Å². The molecule has 12 fully saturated rings. The van der Waals surface area contributed by atoms with E-state index in [2.05, 4.69) is 26.6 Å². The zero-order valence-corrected chi connectivity index (χ0v) is 79.4. The van der Waals surface area contributed by atoms with Crippen LogP contribution in [0.15, 0.2) is 0 Å². The van der Waals surface area contributed by atoms with Crippen LogP contribution in [-0.4, -0.2) is 633 Å². The molecule has 0 aliphatic carbocycles. The summed E-state index contributed by atoms with van der Waals surface area (Å²) in [6.07, 6.45) is -122. The number of carbonyl (C=O) groups is 6. The number of aliphatic carboxylic acids is 1. The maximum atomic E-state index is 13.6. The van der Waals surface area contributed by atoms with Gasteiger partial charge in [0, 0.05) is 34.6 Å². The van der Waals surface area contributed by atoms with E-state index < -0.39 is 470 Å². The van der Waals surface area contributed by atoms with Gasteiger partial charge in [-0.2, -0.15) is 0 Å². The lowest BCUT2D eigenvalue weighted by molar-refractivity contribution is -0.406. The first-order chi connectivity index (χ1) is 69.9. The van der Waals surface area contributed by atoms with Crippen LogP contribution >= 0.6 is 0 Å². The van der Waals surface area contributed by atoms with E-state index in [9.17, 15) is 192 Å². The predicted molar refractivity (Wildman–Crippen MR) is 452 cm³/mol. The van der Waals surface area contributed by atoms with E-state index in [1.807, 2.05) is 0 Å². The minimum atomic E-state index is -2.81. The third-order valence-electron chi connectivity index (χ3n) is 27.0. The van der Waals surface area contributed by atoms with E-state index in [1.54, 1.807) is 0 Å². The molecule has 0 unspecified atom stereocenters. The van der Waals surface area contributed by atoms with Gasteiger partial charge in [0.25, 0.3) is 0 Å². The Morgan fingerprint density at radius 3 is 0.892 bits per heavy atom. The lowest BCUT2D eigenvalue weighted by atomic mass is 9.93. The molecule has 0 aromatic carbocycles. The quantitative estimate of drug-likeness (QED) is 0.0273. The molecule has 60 atom stereocenters. The van der Waals surface area contributed by atoms with Crippen molar-refractivity contribution in [2.24, 2.45) is 0 Å². The standard InChI is InChI=1S/C82H135N5O61/c1-17-38(101)49(112)54(117)76(128-17)126-16-32-64(45(108)33(71(125)129-32)83-18(2)96)140-73-35(85-20(4)98)46(109)62(28(12-93)134-73)143-80-59(122)66(43(106)31(138-80)15-127-81-68(52(115)41(104)25(9-90)133-81)147-74-36(86-21(5)99)47(110)60(27(11-92)135-74)141-77-55(118)50(113)40(103)24(8-89)131-77)145-82-69(57(120)63(30(14-95)137-82)139-72-34(84-19(3)97)44(107)39(102)23(7-88)130-72)148-75-37(87-22(6)100)48(111)61(29(13-94)136-75)142-79-58(121)65(42(105)26(10-91)132-79)144-78-56(119)51(114)53(116)67(146-78)70(123)124/h17,23-69,71-82,88-95,101-122,125H,7-16H2,1-6H3,(H,83,96)(H,84,97)(H,85,98)(H,86,99)(H,87,100)(H,123,124)/t17-,23+,24+,25+,26+,27+,28+,29+,30+,31+,32+,33+,34+,35+,36+,37+,38+,39+,40-,41+,42-,43+,44+,45+,46+,47+,48+,49+,50-,51-,52-,53-,54-,55+,56+,57-,58+,59-,60+,61+,62+,63+,64+,65-,66-,67-,68-,69-,71+,72-,73-,74-,75-,76+,77-,78+,79-,80-,81-,82+/m0/s1. The van der Waals surface area contributed by atoms with Crippen LogP contribution in [0.2, 0.25) is 0 Å². The van der Waals surface area contributed by atoms with Crippen LogP contribution in [0.25, 0.3) is 0 Å². The summed E-state index contributed by atoms with van der Waals surface area (Å²) >= 11 is 0. The number of nitrogens with one attached hydrogen (secondary N) is 5. The van der Waals surface area contributed by atoms with Crippen LogP contribution < -0.4 is 26.6 Å². The minimum Gasteiger partial charge on any atom is -0.479 e. The van der Waals surface area contributed by atoms with Crippen LogP contribution in [0.4, 0.5) is 0 Å². The molecule has 66 nitrogen and oxygen atoms in total. The van der Waals surface area contributed by atoms with Gasteiger partial charge in [-0.1, -0.05) is 0 Å². The van der Waals surface area contributed by atoms with Crippen LogP contribution in [0, 0.1) is 0 Å². The summed E-state index contributed by atoms with van der Waals surface area (Å²) in [5.74, 6) is -6.97. The number of carboxylic acid groups (broad SMARTS) is 1. The fraction of sp³-hybridized carbons (Fsp3) is 0.927. The maximum absolute atomic E-state index is 13.6. The number of aliphatic hydroxyl groups is 31. The second kappa shape index (κ2) is 52.7. The van der Waals surface area contributed by atoms with Crippen molar-refractivity contribution in [3.63, 3.8) is 0 Å². The monoisotopic (exact) mass is 2170 g/mol. The van der Waals surface area contributed by atoms with Gasteiger partial charge in [-0.05, 0) is 6.92 Å². The first-order valence-corrected chi connectivity index (χ1v) is 47.0. The van der Waals surface area contributed by atoms with Gasteiger partial charge in [-0.3, -0.25) is 24.0 Å². The maximum Gasteiger partial charge on any atom is 0.335 e. The molecular weight excluding hydrogens is 2030 g/mol. The molecule has 12 saturated heterocycles. The van der Waals surface area contributed by atoms with Gasteiger partial charge in [-0.15, -0.1) is 0 Å². The molecule has 12 aliphatic rings. The fourth-order valence-corrected chi connectivity index (χ4v) is 19.1. The lowest BCUT2D eigenvalue weighted by Gasteiger charge is -2.52. The van der Waals surface area contributed by atoms with Crippen LogP contribution in [0.1, 0.15) is 41.5 Å². The molecule has 0 aromatic heterocycles. The average molecular weight is 2170 g/mol. The molecule has 12 heterocycles. The van der Waals surface area contributed by atoms with E-state index >= 15 is 0 Å². The van der Waals surface area contributed by atoms with Crippen molar-refractivity contribution in [2.45, 2.75) is 410 Å². The van der Waals surface area contributed by atoms with Crippen molar-refractivity contribution in [1.29, 1.82) is 0 Å². The van der Waals surface area contributed by atoms with E-state index in [4.69, 9.17) is 109 Å². The highest BCUT2D eigenvalue weighted by Crippen LogP contribution is 2.43. The Bertz CT molecular complexity index is 4200. The van der Waals surface area contributed by atoms with Gasteiger partial charge in [0.1, 0.15) is 280 Å². The van der Waals surface area contributed by atoms with Crippen molar-refractivity contribution in [3.8, 4) is 0 Å². The van der Waals surface area contributed by atoms with E-state index in [0.717, 1.165) is 34.6 Å². The number of hydrogen-bond donors (Lipinski definition) is 37. The highest BCUT2D eigenvalue weighted by atomic mass is 16.8. The predicted octanol–water partition coefficient (Wildman–Crippen LogP) is -25.3. The minimum absolute atomic E-state index is 0.824. The van der Waals surface area contributed by atoms with Crippen LogP contribution in [0.5, 0.6) is 0 Å². The topological polar surface area (TPSA) is 1020 Å². The van der Waals surface area contributed by atoms with E-state index in [0.29, 0.717) is 0 Å². The van der Waals surface area contributed by atoms with E-state index in [1.165, 1.54) is 6.92 Å². The second-order valence-corrected chi connectivity index (χ2v) is 37.4. The van der Waals surface area contributed by atoms with Gasteiger partial charge < -0.3 is 299 Å². The first-order valence-electron chi connectivity index (χ1n) is 47.0. The largest absolute Gasteiger partial charge is 0.479 e. The normalized spacial score (nSPS) is 49.3. The summed E-state index contributed by atoms with van der Waals surface area (Å²) in [6, 6.07) is -10.2. The van der Waals surface area contributed by atoms with Crippen LogP contribution in [-0.2, 0) is 138 Å². The molecule has 0 bridgehead atoms. The van der Waals surface area contributed by atoms with Crippen molar-refractivity contribution in [2.75, 3.05) is 66.1 Å². The summed E-state index contributed by atoms with van der Waals surface area (Å²) in [5.41, 5.74) is 0. The SMILES string of the molecule is CC(=O)N[C@@H]1[C@@H](O)[C@H](O[C@@H]2O[C@H](CO)[C@@H](O[C@@H]3O[C@H](CO[C@H]4O[C@H](CO)[C@@H](O)[C@H](O)[C@@H]4O[C@@H]4O[C@H](CO)[C@@H](O[C@@H]5O[C@H](CO)[C@H](O)[C@H](O)[C@H]5O)[C@H](O)[C@H]4NC(C)=O)[C@@H](O)[C@H](O[C@H]4O[C@H](CO)[C@@H](O[C@@H]5O[C@H](CO)[C@@H](O)[C@H](O)[C@H]5NC(C)=O)[C@H](O)[C@@H]4O[C@@H]4O[C@H](CO)[C@@H](O[C@@H]5O[C@H](CO)[C@H](O)[C@H](O[C@@H]6O[C@H](C(=O)O)[C@@H](O)[C@H](O)[C@H]6O)[C@H]5O)[C@H](O)[C@H]4NC(C)=O)[C@@H]3O)[C@H](O)[C@H]2NC(C)=O)[C@@H](CO[C@@H]2O[C@@H](C)[C@@H](O)[C@@H](O)[C@@H]2O)O[C@H]1O. The Labute approximate surface area is 836 Å². The Kier molecular flexibility index (Phi) is 43.2. The summed E-state index contributed by atoms with van der Waals surface area (Å²) in [7, 11) is 0. The van der Waals surface area contributed by atoms with Gasteiger partial charge >= 0.3 is 5.97 Å². The van der Waals surface area contributed by atoms with Gasteiger partial charge in [0.2, 0.25) is 29.5 Å². The fourth-order valence-electron chi connectivity index (χ4n) is 19.1. The number of hydrogen-bond acceptors (Lipinski definition) is 60. The molecule has 148 heavy (non-hydrogen) atoms. The molecule has 0 spiro atoms. The molecule has 12 rings (SSSR count). The molecule has 5 amide bonds. The Morgan fingerprint density at radius 2 is 0.473 bits per heavy atom. The van der Waals surface area contributed by atoms with Crippen molar-refractivity contribution in [1.82, 2.24) is 26.6 Å². The number of amides is 5. The Hall–Kier alpha value is -5.34. The van der Waals surface area contributed by atoms with E-state index in [-0.39, 0.29) is 0 Å². The van der Waals surface area contributed by atoms with Gasteiger partial charge in [-0.25, -0.2) is 4.79 Å².